The molecule has 0 aromatic heterocycles. The molecule has 0 rings (SSSR count). The maximum Gasteiger partial charge on any atom is 1.00 e. The molecule has 9 heteroatoms. The summed E-state index contributed by atoms with van der Waals surface area (Å²) in [5.74, 6) is -1.25. The van der Waals surface area contributed by atoms with E-state index >= 15 is 0 Å². The number of rotatable bonds is 2. The van der Waals surface area contributed by atoms with Crippen LogP contribution in [0.5, 0.6) is 0 Å². The standard InChI is InChI=1S/C2H6NO5P.2Na/c3-1-2(4)8-9(5,6)7;;/h1,3H2,(H2,5,6,7);;/q;2*+1/p-2. The van der Waals surface area contributed by atoms with E-state index in [2.05, 4.69) is 10.3 Å². The topological polar surface area (TPSA) is 116 Å². The molecule has 2 N–H and O–H groups in total. The van der Waals surface area contributed by atoms with Crippen molar-refractivity contribution in [1.29, 1.82) is 0 Å². The second-order valence-corrected chi connectivity index (χ2v) is 2.19. The van der Waals surface area contributed by atoms with Crippen LogP contribution >= 0.6 is 7.82 Å². The first-order chi connectivity index (χ1) is 3.95. The van der Waals surface area contributed by atoms with Crippen molar-refractivity contribution in [3.05, 3.63) is 0 Å². The molecule has 0 unspecified atom stereocenters. The molecular formula is C2H4NNa2O5P. The van der Waals surface area contributed by atoms with E-state index in [1.54, 1.807) is 0 Å². The van der Waals surface area contributed by atoms with Crippen LogP contribution in [0.25, 0.3) is 0 Å². The third kappa shape index (κ3) is 14.4. The second-order valence-electron chi connectivity index (χ2n) is 1.11. The molecule has 0 bridgehead atoms. The van der Waals surface area contributed by atoms with Gasteiger partial charge >= 0.3 is 65.1 Å². The Kier molecular flexibility index (Phi) is 13.7. The van der Waals surface area contributed by atoms with E-state index in [1.165, 1.54) is 0 Å². The zero-order valence-electron chi connectivity index (χ0n) is 6.27. The molecular weight excluding hydrogens is 195 g/mol. The van der Waals surface area contributed by atoms with Crippen molar-refractivity contribution >= 4 is 13.8 Å². The predicted octanol–water partition coefficient (Wildman–Crippen LogP) is -8.68. The summed E-state index contributed by atoms with van der Waals surface area (Å²) in [7, 11) is -5.17. The van der Waals surface area contributed by atoms with Crippen molar-refractivity contribution in [2.75, 3.05) is 6.54 Å². The monoisotopic (exact) mass is 199 g/mol. The third-order valence-electron chi connectivity index (χ3n) is 0.380. The summed E-state index contributed by atoms with van der Waals surface area (Å²) < 4.78 is 12.8. The molecule has 0 spiro atoms. The van der Waals surface area contributed by atoms with Gasteiger partial charge in [0.25, 0.3) is 0 Å². The van der Waals surface area contributed by atoms with E-state index in [9.17, 15) is 19.1 Å². The summed E-state index contributed by atoms with van der Waals surface area (Å²) in [6, 6.07) is 0. The average molecular weight is 199 g/mol. The molecule has 0 aromatic carbocycles. The van der Waals surface area contributed by atoms with Gasteiger partial charge in [0.1, 0.15) is 7.82 Å². The van der Waals surface area contributed by atoms with Crippen LogP contribution in [-0.4, -0.2) is 12.5 Å². The van der Waals surface area contributed by atoms with Crippen molar-refractivity contribution in [2.24, 2.45) is 5.73 Å². The van der Waals surface area contributed by atoms with Crippen LogP contribution < -0.4 is 74.6 Å². The van der Waals surface area contributed by atoms with Gasteiger partial charge in [-0.05, 0) is 0 Å². The van der Waals surface area contributed by atoms with E-state index in [-0.39, 0.29) is 59.1 Å². The Hall–Kier alpha value is 1.58. The van der Waals surface area contributed by atoms with E-state index in [1.807, 2.05) is 0 Å². The Balaban J connectivity index is -0.000000320. The number of nitrogens with two attached hydrogens (primary N) is 1. The summed E-state index contributed by atoms with van der Waals surface area (Å²) >= 11 is 0. The van der Waals surface area contributed by atoms with Gasteiger partial charge in [0.05, 0.1) is 6.54 Å². The first-order valence-corrected chi connectivity index (χ1v) is 3.36. The van der Waals surface area contributed by atoms with E-state index in [4.69, 9.17) is 0 Å². The molecule has 0 fully saturated rings. The zero-order valence-corrected chi connectivity index (χ0v) is 11.2. The van der Waals surface area contributed by atoms with Crippen LogP contribution in [0, 0.1) is 0 Å². The van der Waals surface area contributed by atoms with Crippen LogP contribution in [0.2, 0.25) is 0 Å². The fourth-order valence-electron chi connectivity index (χ4n) is 0.162. The Bertz CT molecular complexity index is 157. The smallest absolute Gasteiger partial charge is 0.780 e. The van der Waals surface area contributed by atoms with Crippen LogP contribution in [0.3, 0.4) is 0 Å². The number of carbonyl (C=O) groups is 1. The van der Waals surface area contributed by atoms with Crippen LogP contribution in [0.15, 0.2) is 0 Å². The van der Waals surface area contributed by atoms with Crippen molar-refractivity contribution in [3.63, 3.8) is 0 Å². The number of hydrogen-bond donors (Lipinski definition) is 1. The molecule has 11 heavy (non-hydrogen) atoms. The number of carbonyl (C=O) groups excluding carboxylic acids is 1. The first-order valence-electron chi connectivity index (χ1n) is 1.90. The average Bonchev–Trinajstić information content (AvgIpc) is 1.62. The summed E-state index contributed by atoms with van der Waals surface area (Å²) in [6.45, 7) is -0.617. The normalized spacial score (nSPS) is 9.00. The van der Waals surface area contributed by atoms with Gasteiger partial charge in [0.2, 0.25) is 0 Å². The SMILES string of the molecule is NCC(=O)OP(=O)([O-])[O-].[Na+].[Na+]. The molecule has 0 aliphatic rings. The third-order valence-corrected chi connectivity index (χ3v) is 0.808. The van der Waals surface area contributed by atoms with Crippen LogP contribution in [-0.2, 0) is 13.9 Å². The van der Waals surface area contributed by atoms with E-state index in [0.29, 0.717) is 0 Å². The van der Waals surface area contributed by atoms with Crippen LogP contribution in [0.1, 0.15) is 0 Å². The van der Waals surface area contributed by atoms with Crippen molar-refractivity contribution < 1.29 is 82.8 Å². The summed E-state index contributed by atoms with van der Waals surface area (Å²) in [5, 5.41) is 0. The Morgan fingerprint density at radius 3 is 1.91 bits per heavy atom. The van der Waals surface area contributed by atoms with Crippen molar-refractivity contribution in [2.45, 2.75) is 0 Å². The summed E-state index contributed by atoms with van der Waals surface area (Å²) in [6.07, 6.45) is 0. The van der Waals surface area contributed by atoms with Gasteiger partial charge in [-0.15, -0.1) is 0 Å². The molecule has 0 aliphatic carbocycles. The predicted molar refractivity (Wildman–Crippen MR) is 22.8 cm³/mol. The fraction of sp³-hybridized carbons (Fsp3) is 0.500. The molecule has 0 radical (unpaired) electrons. The van der Waals surface area contributed by atoms with Gasteiger partial charge in [0.15, 0.2) is 0 Å². The van der Waals surface area contributed by atoms with Gasteiger partial charge in [-0.3, -0.25) is 4.79 Å². The Labute approximate surface area is 108 Å². The minimum absolute atomic E-state index is 0. The van der Waals surface area contributed by atoms with E-state index in [0.717, 1.165) is 0 Å². The van der Waals surface area contributed by atoms with Gasteiger partial charge in [-0.2, -0.15) is 0 Å². The first kappa shape index (κ1) is 18.4. The fourth-order valence-corrected chi connectivity index (χ4v) is 0.486. The molecule has 0 heterocycles. The molecule has 0 aromatic rings. The quantitative estimate of drug-likeness (QED) is 0.348. The molecule has 0 aliphatic heterocycles. The molecule has 0 saturated heterocycles. The number of phosphoric acid groups is 1. The van der Waals surface area contributed by atoms with Gasteiger partial charge in [-0.1, -0.05) is 0 Å². The summed E-state index contributed by atoms with van der Waals surface area (Å²) in [4.78, 5) is 29.1. The summed E-state index contributed by atoms with van der Waals surface area (Å²) in [5.41, 5.74) is 4.61. The second kappa shape index (κ2) is 8.19. The Morgan fingerprint density at radius 2 is 1.82 bits per heavy atom. The number of phosphoric ester groups is 1. The Morgan fingerprint density at radius 1 is 1.45 bits per heavy atom. The molecule has 0 amide bonds. The van der Waals surface area contributed by atoms with Crippen molar-refractivity contribution in [1.82, 2.24) is 0 Å². The minimum atomic E-state index is -5.17. The van der Waals surface area contributed by atoms with Crippen molar-refractivity contribution in [3.8, 4) is 0 Å². The molecule has 6 nitrogen and oxygen atoms in total. The van der Waals surface area contributed by atoms with Gasteiger partial charge < -0.3 is 24.6 Å². The largest absolute Gasteiger partial charge is 1.00 e. The van der Waals surface area contributed by atoms with Gasteiger partial charge in [0, 0.05) is 0 Å². The minimum Gasteiger partial charge on any atom is -0.780 e. The number of hydrogen-bond acceptors (Lipinski definition) is 6. The van der Waals surface area contributed by atoms with Crippen LogP contribution in [0.4, 0.5) is 0 Å². The maximum atomic E-state index is 9.91. The van der Waals surface area contributed by atoms with E-state index < -0.39 is 20.3 Å². The van der Waals surface area contributed by atoms with Gasteiger partial charge in [-0.25, -0.2) is 0 Å². The molecule has 54 valence electrons. The molecule has 0 atom stereocenters. The molecule has 0 saturated carbocycles. The maximum absolute atomic E-state index is 9.91. The zero-order chi connectivity index (χ0) is 7.49.